The van der Waals surface area contributed by atoms with Crippen molar-refractivity contribution in [2.75, 3.05) is 16.4 Å². The number of carbonyl (C=O) groups excluding carboxylic acids is 2. The van der Waals surface area contributed by atoms with E-state index in [1.165, 1.54) is 30.0 Å². The van der Waals surface area contributed by atoms with Crippen LogP contribution in [0.5, 0.6) is 0 Å². The van der Waals surface area contributed by atoms with Crippen LogP contribution in [0.1, 0.15) is 18.3 Å². The predicted octanol–water partition coefficient (Wildman–Crippen LogP) is 3.43. The van der Waals surface area contributed by atoms with E-state index in [0.29, 0.717) is 34.5 Å². The van der Waals surface area contributed by atoms with E-state index in [0.717, 1.165) is 0 Å². The lowest BCUT2D eigenvalue weighted by Crippen LogP contribution is -2.18. The number of hydrogen-bond donors (Lipinski definition) is 2. The van der Waals surface area contributed by atoms with Gasteiger partial charge in [-0.2, -0.15) is 0 Å². The van der Waals surface area contributed by atoms with Crippen LogP contribution in [0.25, 0.3) is 0 Å². The molecular formula is C21H22N6O4S. The molecule has 2 aromatic carbocycles. The number of amides is 2. The summed E-state index contributed by atoms with van der Waals surface area (Å²) in [5, 5.41) is 25.2. The van der Waals surface area contributed by atoms with Crippen molar-refractivity contribution in [3.63, 3.8) is 0 Å². The van der Waals surface area contributed by atoms with Gasteiger partial charge in [0.05, 0.1) is 17.1 Å². The molecule has 0 unspecified atom stereocenters. The van der Waals surface area contributed by atoms with Gasteiger partial charge in [-0.25, -0.2) is 0 Å². The Morgan fingerprint density at radius 3 is 2.50 bits per heavy atom. The third kappa shape index (κ3) is 5.91. The summed E-state index contributed by atoms with van der Waals surface area (Å²) in [4.78, 5) is 35.0. The Balaban J connectivity index is 1.58. The molecule has 0 saturated carbocycles. The SMILES string of the molecule is CCn1c(CC(=O)Nc2ccccc2)nnc1SCC(=O)Nc1ccc([N+](=O)[O-])cc1C. The largest absolute Gasteiger partial charge is 0.326 e. The molecule has 0 spiro atoms. The minimum absolute atomic E-state index is 0.0326. The molecular weight excluding hydrogens is 432 g/mol. The number of nitro benzene ring substituents is 1. The lowest BCUT2D eigenvalue weighted by molar-refractivity contribution is -0.384. The molecule has 0 fully saturated rings. The molecule has 11 heteroatoms. The van der Waals surface area contributed by atoms with Crippen molar-refractivity contribution in [1.82, 2.24) is 14.8 Å². The zero-order valence-corrected chi connectivity index (χ0v) is 18.4. The summed E-state index contributed by atoms with van der Waals surface area (Å²) in [5.41, 5.74) is 1.78. The van der Waals surface area contributed by atoms with Crippen molar-refractivity contribution in [2.24, 2.45) is 0 Å². The summed E-state index contributed by atoms with van der Waals surface area (Å²) in [5.74, 6) is 0.0994. The maximum atomic E-state index is 12.4. The van der Waals surface area contributed by atoms with Gasteiger partial charge in [-0.05, 0) is 37.6 Å². The van der Waals surface area contributed by atoms with Gasteiger partial charge in [-0.3, -0.25) is 19.7 Å². The zero-order valence-electron chi connectivity index (χ0n) is 17.6. The van der Waals surface area contributed by atoms with Gasteiger partial charge in [0.1, 0.15) is 5.82 Å². The van der Waals surface area contributed by atoms with Crippen LogP contribution in [0.3, 0.4) is 0 Å². The summed E-state index contributed by atoms with van der Waals surface area (Å²) < 4.78 is 1.79. The molecule has 0 aliphatic carbocycles. The number of para-hydroxylation sites is 1. The molecule has 2 amide bonds. The van der Waals surface area contributed by atoms with Crippen LogP contribution < -0.4 is 10.6 Å². The minimum atomic E-state index is -0.482. The molecule has 2 N–H and O–H groups in total. The van der Waals surface area contributed by atoms with E-state index in [1.54, 1.807) is 23.6 Å². The van der Waals surface area contributed by atoms with Gasteiger partial charge in [0.2, 0.25) is 11.8 Å². The first-order valence-corrected chi connectivity index (χ1v) is 10.8. The highest BCUT2D eigenvalue weighted by atomic mass is 32.2. The van der Waals surface area contributed by atoms with Crippen molar-refractivity contribution in [1.29, 1.82) is 0 Å². The number of carbonyl (C=O) groups is 2. The Morgan fingerprint density at radius 2 is 1.84 bits per heavy atom. The second-order valence-corrected chi connectivity index (χ2v) is 7.77. The Kier molecular flexibility index (Phi) is 7.55. The highest BCUT2D eigenvalue weighted by molar-refractivity contribution is 7.99. The third-order valence-electron chi connectivity index (χ3n) is 4.51. The Hall–Kier alpha value is -3.73. The number of benzene rings is 2. The fourth-order valence-corrected chi connectivity index (χ4v) is 3.78. The molecule has 10 nitrogen and oxygen atoms in total. The number of nitrogens with zero attached hydrogens (tertiary/aromatic N) is 4. The summed E-state index contributed by atoms with van der Waals surface area (Å²) in [6.07, 6.45) is 0.0600. The van der Waals surface area contributed by atoms with Crippen molar-refractivity contribution in [3.8, 4) is 0 Å². The summed E-state index contributed by atoms with van der Waals surface area (Å²) in [6, 6.07) is 13.4. The summed E-state index contributed by atoms with van der Waals surface area (Å²) in [7, 11) is 0. The molecule has 32 heavy (non-hydrogen) atoms. The predicted molar refractivity (Wildman–Crippen MR) is 122 cm³/mol. The molecule has 0 bridgehead atoms. The quantitative estimate of drug-likeness (QED) is 0.288. The van der Waals surface area contributed by atoms with Gasteiger partial charge in [-0.15, -0.1) is 10.2 Å². The van der Waals surface area contributed by atoms with Crippen LogP contribution in [0.4, 0.5) is 17.1 Å². The Labute approximate surface area is 188 Å². The van der Waals surface area contributed by atoms with Gasteiger partial charge in [0.25, 0.3) is 5.69 Å². The highest BCUT2D eigenvalue weighted by Crippen LogP contribution is 2.22. The van der Waals surface area contributed by atoms with E-state index in [9.17, 15) is 19.7 Å². The molecule has 0 saturated heterocycles. The van der Waals surface area contributed by atoms with Crippen molar-refractivity contribution in [3.05, 3.63) is 70.0 Å². The van der Waals surface area contributed by atoms with Gasteiger partial charge < -0.3 is 15.2 Å². The molecule has 1 aromatic heterocycles. The first-order chi connectivity index (χ1) is 15.4. The van der Waals surface area contributed by atoms with Crippen LogP contribution >= 0.6 is 11.8 Å². The second-order valence-electron chi connectivity index (χ2n) is 6.83. The first kappa shape index (κ1) is 22.9. The molecule has 0 aliphatic heterocycles. The number of hydrogen-bond acceptors (Lipinski definition) is 7. The third-order valence-corrected chi connectivity index (χ3v) is 5.48. The van der Waals surface area contributed by atoms with Crippen LogP contribution in [-0.4, -0.2) is 37.3 Å². The second kappa shape index (κ2) is 10.5. The van der Waals surface area contributed by atoms with E-state index >= 15 is 0 Å². The van der Waals surface area contributed by atoms with E-state index < -0.39 is 4.92 Å². The minimum Gasteiger partial charge on any atom is -0.326 e. The maximum absolute atomic E-state index is 12.4. The maximum Gasteiger partial charge on any atom is 0.269 e. The topological polar surface area (TPSA) is 132 Å². The first-order valence-electron chi connectivity index (χ1n) is 9.82. The zero-order chi connectivity index (χ0) is 23.1. The highest BCUT2D eigenvalue weighted by Gasteiger charge is 2.17. The van der Waals surface area contributed by atoms with Gasteiger partial charge in [0, 0.05) is 30.1 Å². The number of anilines is 2. The average Bonchev–Trinajstić information content (AvgIpc) is 3.15. The number of non-ortho nitro benzene ring substituents is 1. The standard InChI is InChI=1S/C21H22N6O4S/c1-3-26-18(12-19(28)22-15-7-5-4-6-8-15)24-25-21(26)32-13-20(29)23-17-10-9-16(27(30)31)11-14(17)2/h4-11H,3,12-13H2,1-2H3,(H,22,28)(H,23,29). The molecule has 0 aliphatic rings. The normalized spacial score (nSPS) is 10.6. The number of nitro groups is 1. The van der Waals surface area contributed by atoms with E-state index in [1.807, 2.05) is 25.1 Å². The molecule has 0 radical (unpaired) electrons. The number of rotatable bonds is 9. The van der Waals surface area contributed by atoms with Crippen molar-refractivity contribution in [2.45, 2.75) is 32.0 Å². The van der Waals surface area contributed by atoms with Crippen LogP contribution in [-0.2, 0) is 22.6 Å². The number of aryl methyl sites for hydroxylation is 1. The summed E-state index contributed by atoms with van der Waals surface area (Å²) >= 11 is 1.20. The molecule has 3 rings (SSSR count). The molecule has 3 aromatic rings. The molecule has 0 atom stereocenters. The number of nitrogens with one attached hydrogen (secondary N) is 2. The monoisotopic (exact) mass is 454 g/mol. The van der Waals surface area contributed by atoms with Crippen molar-refractivity contribution >= 4 is 40.6 Å². The van der Waals surface area contributed by atoms with E-state index in [2.05, 4.69) is 20.8 Å². The van der Waals surface area contributed by atoms with Gasteiger partial charge >= 0.3 is 0 Å². The van der Waals surface area contributed by atoms with Gasteiger partial charge in [-0.1, -0.05) is 30.0 Å². The summed E-state index contributed by atoms with van der Waals surface area (Å²) in [6.45, 7) is 4.15. The van der Waals surface area contributed by atoms with Crippen LogP contribution in [0, 0.1) is 17.0 Å². The molecule has 166 valence electrons. The number of aromatic nitrogens is 3. The van der Waals surface area contributed by atoms with Crippen molar-refractivity contribution < 1.29 is 14.5 Å². The van der Waals surface area contributed by atoms with Gasteiger partial charge in [0.15, 0.2) is 5.16 Å². The average molecular weight is 455 g/mol. The fraction of sp³-hybridized carbons (Fsp3) is 0.238. The fourth-order valence-electron chi connectivity index (χ4n) is 2.96. The lowest BCUT2D eigenvalue weighted by Gasteiger charge is -2.09. The number of thioether (sulfide) groups is 1. The molecule has 1 heterocycles. The Bertz CT molecular complexity index is 1130. The smallest absolute Gasteiger partial charge is 0.269 e. The van der Waals surface area contributed by atoms with E-state index in [4.69, 9.17) is 0 Å². The van der Waals surface area contributed by atoms with Crippen LogP contribution in [0.15, 0.2) is 53.7 Å². The lowest BCUT2D eigenvalue weighted by atomic mass is 10.2. The Morgan fingerprint density at radius 1 is 1.09 bits per heavy atom. The van der Waals surface area contributed by atoms with E-state index in [-0.39, 0.29) is 29.7 Å². The van der Waals surface area contributed by atoms with Crippen LogP contribution in [0.2, 0.25) is 0 Å².